The fourth-order valence-corrected chi connectivity index (χ4v) is 1.95. The topological polar surface area (TPSA) is 21.7 Å². The molecule has 17 heavy (non-hydrogen) atoms. The summed E-state index contributed by atoms with van der Waals surface area (Å²) in [5.41, 5.74) is 0. The highest BCUT2D eigenvalue weighted by molar-refractivity contribution is 5.41. The molecule has 0 aliphatic carbocycles. The summed E-state index contributed by atoms with van der Waals surface area (Å²) in [5, 5.41) is 0. The summed E-state index contributed by atoms with van der Waals surface area (Å²) in [6.45, 7) is 7.51. The molecule has 94 valence electrons. The number of hydrogen-bond acceptors (Lipinski definition) is 3. The zero-order chi connectivity index (χ0) is 12.3. The van der Waals surface area contributed by atoms with Crippen LogP contribution < -0.4 is 9.47 Å². The maximum absolute atomic E-state index is 13.1. The molecule has 0 amide bonds. The maximum atomic E-state index is 13.1. The lowest BCUT2D eigenvalue weighted by Gasteiger charge is -2.30. The molecule has 0 radical (unpaired) electrons. The van der Waals surface area contributed by atoms with Crippen LogP contribution in [0.25, 0.3) is 0 Å². The number of nitrogens with zero attached hydrogens (tertiary/aromatic N) is 1. The molecular weight excluding hydrogens is 221 g/mol. The average molecular weight is 239 g/mol. The molecule has 1 aromatic carbocycles. The van der Waals surface area contributed by atoms with Gasteiger partial charge in [0.1, 0.15) is 18.5 Å². The number of ether oxygens (including phenoxy) is 2. The van der Waals surface area contributed by atoms with E-state index in [0.717, 1.165) is 19.6 Å². The van der Waals surface area contributed by atoms with Crippen LogP contribution in [0.2, 0.25) is 0 Å². The predicted molar refractivity (Wildman–Crippen MR) is 64.1 cm³/mol. The Balaban J connectivity index is 2.02. The highest BCUT2D eigenvalue weighted by Gasteiger charge is 2.22. The third kappa shape index (κ3) is 2.88. The van der Waals surface area contributed by atoms with Crippen molar-refractivity contribution in [1.82, 2.24) is 4.90 Å². The minimum absolute atomic E-state index is 0.0239. The lowest BCUT2D eigenvalue weighted by Crippen LogP contribution is -2.40. The van der Waals surface area contributed by atoms with Crippen LogP contribution in [-0.2, 0) is 0 Å². The van der Waals surface area contributed by atoms with E-state index in [0.29, 0.717) is 18.1 Å². The Kier molecular flexibility index (Phi) is 3.84. The van der Waals surface area contributed by atoms with E-state index in [2.05, 4.69) is 18.7 Å². The third-order valence-electron chi connectivity index (χ3n) is 2.98. The largest absolute Gasteiger partial charge is 0.486 e. The molecule has 0 spiro atoms. The van der Waals surface area contributed by atoms with Gasteiger partial charge in [0.05, 0.1) is 0 Å². The Morgan fingerprint density at radius 1 is 1.29 bits per heavy atom. The second-order valence-electron chi connectivity index (χ2n) is 4.13. The number of hydrogen-bond donors (Lipinski definition) is 0. The Hall–Kier alpha value is -1.29. The van der Waals surface area contributed by atoms with Crippen molar-refractivity contribution < 1.29 is 13.9 Å². The quantitative estimate of drug-likeness (QED) is 0.804. The van der Waals surface area contributed by atoms with Gasteiger partial charge in [0, 0.05) is 12.6 Å². The van der Waals surface area contributed by atoms with Gasteiger partial charge < -0.3 is 14.4 Å². The van der Waals surface area contributed by atoms with Gasteiger partial charge in [-0.25, -0.2) is 4.39 Å². The molecule has 0 bridgehead atoms. The molecule has 1 aromatic rings. The number of fused-ring (bicyclic) bond motifs is 1. The van der Waals surface area contributed by atoms with E-state index >= 15 is 0 Å². The summed E-state index contributed by atoms with van der Waals surface area (Å²) >= 11 is 0. The molecule has 1 aliphatic rings. The summed E-state index contributed by atoms with van der Waals surface area (Å²) in [6, 6.07) is 4.37. The Morgan fingerprint density at radius 3 is 2.76 bits per heavy atom. The molecular formula is C13H18FNO2. The Bertz CT molecular complexity index is 380. The molecule has 3 nitrogen and oxygen atoms in total. The molecule has 4 heteroatoms. The van der Waals surface area contributed by atoms with E-state index in [1.807, 2.05) is 0 Å². The van der Waals surface area contributed by atoms with Crippen molar-refractivity contribution in [2.75, 3.05) is 26.2 Å². The van der Waals surface area contributed by atoms with E-state index in [1.165, 1.54) is 12.1 Å². The molecule has 0 N–H and O–H groups in total. The Labute approximate surface area is 101 Å². The van der Waals surface area contributed by atoms with E-state index in [-0.39, 0.29) is 11.9 Å². The minimum atomic E-state index is -0.296. The second kappa shape index (κ2) is 5.36. The van der Waals surface area contributed by atoms with Gasteiger partial charge in [-0.3, -0.25) is 0 Å². The van der Waals surface area contributed by atoms with Crippen LogP contribution in [0.5, 0.6) is 11.5 Å². The van der Waals surface area contributed by atoms with Crippen LogP contribution in [0.3, 0.4) is 0 Å². The van der Waals surface area contributed by atoms with Crippen molar-refractivity contribution in [3.8, 4) is 11.5 Å². The van der Waals surface area contributed by atoms with Crippen LogP contribution in [0.15, 0.2) is 18.2 Å². The molecule has 1 aliphatic heterocycles. The number of benzene rings is 1. The molecule has 0 saturated heterocycles. The van der Waals surface area contributed by atoms with Gasteiger partial charge in [0.2, 0.25) is 0 Å². The standard InChI is InChI=1S/C13H18FNO2/c1-3-15(4-2)8-11-9-16-12-6-5-10(14)7-13(12)17-11/h5-7,11H,3-4,8-9H2,1-2H3. The second-order valence-corrected chi connectivity index (χ2v) is 4.13. The molecule has 0 aromatic heterocycles. The van der Waals surface area contributed by atoms with Crippen LogP contribution in [0, 0.1) is 5.82 Å². The van der Waals surface area contributed by atoms with Gasteiger partial charge in [0.25, 0.3) is 0 Å². The first-order valence-corrected chi connectivity index (χ1v) is 6.04. The number of rotatable bonds is 4. The van der Waals surface area contributed by atoms with Crippen LogP contribution in [0.1, 0.15) is 13.8 Å². The fourth-order valence-electron chi connectivity index (χ4n) is 1.95. The monoisotopic (exact) mass is 239 g/mol. The van der Waals surface area contributed by atoms with Crippen molar-refractivity contribution in [3.63, 3.8) is 0 Å². The summed E-state index contributed by atoms with van der Waals surface area (Å²) in [5.74, 6) is 0.839. The van der Waals surface area contributed by atoms with E-state index < -0.39 is 0 Å². The van der Waals surface area contributed by atoms with Crippen molar-refractivity contribution in [2.24, 2.45) is 0 Å². The maximum Gasteiger partial charge on any atom is 0.164 e. The van der Waals surface area contributed by atoms with Gasteiger partial charge in [-0.15, -0.1) is 0 Å². The number of likely N-dealkylation sites (N-methyl/N-ethyl adjacent to an activating group) is 1. The summed E-state index contributed by atoms with van der Waals surface area (Å²) in [7, 11) is 0. The minimum Gasteiger partial charge on any atom is -0.486 e. The van der Waals surface area contributed by atoms with Crippen molar-refractivity contribution in [3.05, 3.63) is 24.0 Å². The van der Waals surface area contributed by atoms with E-state index in [9.17, 15) is 4.39 Å². The smallest absolute Gasteiger partial charge is 0.164 e. The lowest BCUT2D eigenvalue weighted by molar-refractivity contribution is 0.0611. The van der Waals surface area contributed by atoms with Gasteiger partial charge in [0.15, 0.2) is 11.5 Å². The highest BCUT2D eigenvalue weighted by Crippen LogP contribution is 2.32. The average Bonchev–Trinajstić information content (AvgIpc) is 2.35. The van der Waals surface area contributed by atoms with Crippen LogP contribution >= 0.6 is 0 Å². The SMILES string of the molecule is CCN(CC)CC1COc2ccc(F)cc2O1. The van der Waals surface area contributed by atoms with E-state index in [4.69, 9.17) is 9.47 Å². The third-order valence-corrected chi connectivity index (χ3v) is 2.98. The van der Waals surface area contributed by atoms with Crippen LogP contribution in [-0.4, -0.2) is 37.2 Å². The molecule has 2 rings (SSSR count). The first-order valence-electron chi connectivity index (χ1n) is 6.04. The molecule has 1 unspecified atom stereocenters. The number of halogens is 1. The van der Waals surface area contributed by atoms with E-state index in [1.54, 1.807) is 6.07 Å². The summed E-state index contributed by atoms with van der Waals surface area (Å²) < 4.78 is 24.4. The van der Waals surface area contributed by atoms with Gasteiger partial charge in [-0.1, -0.05) is 13.8 Å². The normalized spacial score (nSPS) is 18.5. The zero-order valence-corrected chi connectivity index (χ0v) is 10.3. The first-order chi connectivity index (χ1) is 8.22. The van der Waals surface area contributed by atoms with Crippen molar-refractivity contribution in [1.29, 1.82) is 0 Å². The molecule has 0 fully saturated rings. The first kappa shape index (κ1) is 12.2. The highest BCUT2D eigenvalue weighted by atomic mass is 19.1. The van der Waals surface area contributed by atoms with Gasteiger partial charge in [-0.2, -0.15) is 0 Å². The summed E-state index contributed by atoms with van der Waals surface area (Å²) in [6.07, 6.45) is -0.0239. The van der Waals surface area contributed by atoms with Gasteiger partial charge in [-0.05, 0) is 25.2 Å². The van der Waals surface area contributed by atoms with Crippen LogP contribution in [0.4, 0.5) is 4.39 Å². The Morgan fingerprint density at radius 2 is 2.06 bits per heavy atom. The molecule has 0 saturated carbocycles. The van der Waals surface area contributed by atoms with Crippen molar-refractivity contribution in [2.45, 2.75) is 20.0 Å². The van der Waals surface area contributed by atoms with Gasteiger partial charge >= 0.3 is 0 Å². The predicted octanol–water partition coefficient (Wildman–Crippen LogP) is 2.31. The van der Waals surface area contributed by atoms with Crippen molar-refractivity contribution >= 4 is 0 Å². The zero-order valence-electron chi connectivity index (χ0n) is 10.3. The fraction of sp³-hybridized carbons (Fsp3) is 0.538. The summed E-state index contributed by atoms with van der Waals surface area (Å²) in [4.78, 5) is 2.26. The molecule has 1 heterocycles. The lowest BCUT2D eigenvalue weighted by atomic mass is 10.2. The molecule has 1 atom stereocenters.